The second-order valence-corrected chi connectivity index (χ2v) is 15.9. The lowest BCUT2D eigenvalue weighted by molar-refractivity contribution is 0.670. The van der Waals surface area contributed by atoms with Crippen molar-refractivity contribution < 1.29 is 4.42 Å². The second-order valence-electron chi connectivity index (χ2n) is 15.9. The summed E-state index contributed by atoms with van der Waals surface area (Å²) in [7, 11) is 0. The molecule has 0 bridgehead atoms. The van der Waals surface area contributed by atoms with Gasteiger partial charge in [0.05, 0.1) is 16.7 Å². The van der Waals surface area contributed by atoms with Crippen LogP contribution in [0.3, 0.4) is 0 Å². The summed E-state index contributed by atoms with van der Waals surface area (Å²) in [6, 6.07) is 88.9. The van der Waals surface area contributed by atoms with Crippen LogP contribution in [0.5, 0.6) is 0 Å². The molecule has 0 spiro atoms. The molecule has 0 unspecified atom stereocenters. The van der Waals surface area contributed by atoms with Gasteiger partial charge in [0.25, 0.3) is 0 Å². The lowest BCUT2D eigenvalue weighted by Crippen LogP contribution is -2.10. The molecule has 12 rings (SSSR count). The van der Waals surface area contributed by atoms with Crippen molar-refractivity contribution in [2.45, 2.75) is 0 Å². The average Bonchev–Trinajstić information content (AvgIpc) is 3.91. The first-order valence-corrected chi connectivity index (χ1v) is 21.3. The van der Waals surface area contributed by atoms with Crippen LogP contribution in [-0.2, 0) is 0 Å². The van der Waals surface area contributed by atoms with Crippen molar-refractivity contribution in [3.05, 3.63) is 243 Å². The van der Waals surface area contributed by atoms with E-state index in [1.54, 1.807) is 0 Å². The Labute approximate surface area is 366 Å². The van der Waals surface area contributed by atoms with E-state index in [-0.39, 0.29) is 0 Å². The fourth-order valence-electron chi connectivity index (χ4n) is 9.25. The Kier molecular flexibility index (Phi) is 8.73. The summed E-state index contributed by atoms with van der Waals surface area (Å²) in [6.45, 7) is 0. The number of hydrogen-bond donors (Lipinski definition) is 0. The predicted octanol–water partition coefficient (Wildman–Crippen LogP) is 16.4. The summed E-state index contributed by atoms with van der Waals surface area (Å²) in [5, 5.41) is 4.72. The van der Waals surface area contributed by atoms with E-state index >= 15 is 0 Å². The van der Waals surface area contributed by atoms with E-state index in [1.807, 2.05) is 12.1 Å². The number of aromatic nitrogens is 1. The van der Waals surface area contributed by atoms with Crippen molar-refractivity contribution in [1.82, 2.24) is 4.57 Å². The van der Waals surface area contributed by atoms with Gasteiger partial charge in [-0.1, -0.05) is 164 Å². The van der Waals surface area contributed by atoms with Gasteiger partial charge < -0.3 is 13.9 Å². The van der Waals surface area contributed by atoms with Crippen molar-refractivity contribution in [2.24, 2.45) is 0 Å². The Hall–Kier alpha value is -8.58. The third-order valence-corrected chi connectivity index (χ3v) is 12.3. The van der Waals surface area contributed by atoms with Crippen molar-refractivity contribution in [3.8, 4) is 50.2 Å². The number of nitrogens with zero attached hydrogens (tertiary/aromatic N) is 2. The normalized spacial score (nSPS) is 11.4. The SMILES string of the molecule is c1c(-c2ccc(N(c3ccc(-c4ccccc4)cc3)c3cccc(-c4ccccc4-n4c5ccccc5c5ccccc54)c3)cc2)ccc(-c2cccc3c2oc2ccccc23)c#1. The summed E-state index contributed by atoms with van der Waals surface area (Å²) < 4.78 is 8.75. The molecule has 2 heterocycles. The first-order valence-electron chi connectivity index (χ1n) is 21.3. The van der Waals surface area contributed by atoms with Crippen LogP contribution in [0.1, 0.15) is 0 Å². The zero-order valence-corrected chi connectivity index (χ0v) is 34.2. The molecule has 10 aromatic carbocycles. The maximum absolute atomic E-state index is 6.34. The van der Waals surface area contributed by atoms with Crippen LogP contribution in [0.25, 0.3) is 93.9 Å². The molecule has 0 aliphatic heterocycles. The van der Waals surface area contributed by atoms with Crippen LogP contribution >= 0.6 is 0 Å². The van der Waals surface area contributed by atoms with Crippen LogP contribution in [-0.4, -0.2) is 4.57 Å². The van der Waals surface area contributed by atoms with Gasteiger partial charge >= 0.3 is 0 Å². The Morgan fingerprint density at radius 1 is 0.349 bits per heavy atom. The molecule has 0 saturated carbocycles. The maximum atomic E-state index is 6.34. The van der Waals surface area contributed by atoms with Crippen LogP contribution in [0.2, 0.25) is 0 Å². The molecule has 0 radical (unpaired) electrons. The van der Waals surface area contributed by atoms with Gasteiger partial charge in [-0.25, -0.2) is 0 Å². The highest BCUT2D eigenvalue weighted by atomic mass is 16.3. The zero-order chi connectivity index (χ0) is 41.7. The van der Waals surface area contributed by atoms with Crippen LogP contribution in [0, 0.1) is 12.1 Å². The van der Waals surface area contributed by atoms with Crippen molar-refractivity contribution in [3.63, 3.8) is 0 Å². The number of anilines is 3. The second kappa shape index (κ2) is 15.2. The van der Waals surface area contributed by atoms with E-state index in [0.29, 0.717) is 0 Å². The van der Waals surface area contributed by atoms with Crippen molar-refractivity contribution >= 4 is 60.8 Å². The van der Waals surface area contributed by atoms with Crippen molar-refractivity contribution in [2.75, 3.05) is 4.90 Å². The van der Waals surface area contributed by atoms with E-state index in [1.165, 1.54) is 32.9 Å². The van der Waals surface area contributed by atoms with E-state index < -0.39 is 0 Å². The number of para-hydroxylation sites is 5. The first kappa shape index (κ1) is 36.3. The Morgan fingerprint density at radius 3 is 1.62 bits per heavy atom. The highest BCUT2D eigenvalue weighted by Gasteiger charge is 2.18. The van der Waals surface area contributed by atoms with Gasteiger partial charge in [0.1, 0.15) is 11.2 Å². The molecule has 0 aliphatic carbocycles. The lowest BCUT2D eigenvalue weighted by Gasteiger charge is -2.26. The minimum absolute atomic E-state index is 0.872. The largest absolute Gasteiger partial charge is 0.455 e. The van der Waals surface area contributed by atoms with Crippen LogP contribution < -0.4 is 4.90 Å². The molecule has 12 aromatic rings. The number of rotatable bonds is 8. The van der Waals surface area contributed by atoms with E-state index in [0.717, 1.165) is 78.1 Å². The summed E-state index contributed by atoms with van der Waals surface area (Å²) in [5.74, 6) is 0. The highest BCUT2D eigenvalue weighted by molar-refractivity contribution is 6.10. The zero-order valence-electron chi connectivity index (χ0n) is 34.2. The summed E-state index contributed by atoms with van der Waals surface area (Å²) in [6.07, 6.45) is 0. The van der Waals surface area contributed by atoms with Gasteiger partial charge in [0, 0.05) is 60.9 Å². The lowest BCUT2D eigenvalue weighted by atomic mass is 10.00. The monoisotopic (exact) mass is 802 g/mol. The van der Waals surface area contributed by atoms with Crippen LogP contribution in [0.4, 0.5) is 17.1 Å². The minimum Gasteiger partial charge on any atom is -0.455 e. The fraction of sp³-hybridized carbons (Fsp3) is 0. The summed E-state index contributed by atoms with van der Waals surface area (Å²) >= 11 is 0. The fourth-order valence-corrected chi connectivity index (χ4v) is 9.25. The molecular formula is C60H38N2O. The molecule has 294 valence electrons. The molecule has 0 aliphatic rings. The standard InChI is InChI=1S/C60H38N2O/c1-2-14-41(15-3-1)43-32-36-47(37-33-43)61(48-38-34-44(35-39-48)42-28-30-45(31-29-42)51-22-13-23-55-54-21-7-11-27-59(54)63-60(51)55)49-17-12-16-46(40-49)50-18-4-8-24-56(50)62-57-25-9-5-19-52(57)53-20-6-10-26-58(53)62/h1-28,30,32-40H. The smallest absolute Gasteiger partial charge is 0.143 e. The van der Waals surface area contributed by atoms with Gasteiger partial charge in [0.15, 0.2) is 0 Å². The van der Waals surface area contributed by atoms with Gasteiger partial charge in [0.2, 0.25) is 0 Å². The molecule has 3 heteroatoms. The topological polar surface area (TPSA) is 21.3 Å². The van der Waals surface area contributed by atoms with Gasteiger partial charge in [-0.3, -0.25) is 0 Å². The highest BCUT2D eigenvalue weighted by Crippen LogP contribution is 2.41. The third-order valence-electron chi connectivity index (χ3n) is 12.3. The predicted molar refractivity (Wildman–Crippen MR) is 262 cm³/mol. The third kappa shape index (κ3) is 6.33. The molecule has 0 atom stereocenters. The minimum atomic E-state index is 0.872. The van der Waals surface area contributed by atoms with Gasteiger partial charge in [-0.05, 0) is 101 Å². The number of fused-ring (bicyclic) bond motifs is 6. The van der Waals surface area contributed by atoms with Gasteiger partial charge in [-0.2, -0.15) is 0 Å². The maximum Gasteiger partial charge on any atom is 0.143 e. The number of benzene rings is 9. The number of hydrogen-bond acceptors (Lipinski definition) is 2. The van der Waals surface area contributed by atoms with E-state index in [4.69, 9.17) is 4.42 Å². The Bertz CT molecular complexity index is 3550. The molecule has 2 aromatic heterocycles. The molecular weight excluding hydrogens is 765 g/mol. The van der Waals surface area contributed by atoms with E-state index in [9.17, 15) is 0 Å². The Balaban J connectivity index is 0.928. The average molecular weight is 803 g/mol. The molecule has 0 amide bonds. The van der Waals surface area contributed by atoms with Gasteiger partial charge in [-0.15, -0.1) is 0 Å². The molecule has 0 N–H and O–H groups in total. The summed E-state index contributed by atoms with van der Waals surface area (Å²) in [4.78, 5) is 2.35. The number of furan rings is 1. The van der Waals surface area contributed by atoms with Crippen molar-refractivity contribution in [1.29, 1.82) is 0 Å². The first-order chi connectivity index (χ1) is 31.2. The molecule has 0 saturated heterocycles. The molecule has 3 nitrogen and oxygen atoms in total. The van der Waals surface area contributed by atoms with Crippen LogP contribution in [0.15, 0.2) is 235 Å². The quantitative estimate of drug-likeness (QED) is 0.153. The summed E-state index contributed by atoms with van der Waals surface area (Å²) in [5.41, 5.74) is 17.1. The molecule has 0 fully saturated rings. The van der Waals surface area contributed by atoms with E-state index in [2.05, 4.69) is 240 Å². The molecule has 63 heavy (non-hydrogen) atoms. The Morgan fingerprint density at radius 2 is 0.889 bits per heavy atom.